The van der Waals surface area contributed by atoms with Crippen molar-refractivity contribution in [3.8, 4) is 11.3 Å². The van der Waals surface area contributed by atoms with Gasteiger partial charge in [-0.3, -0.25) is 4.79 Å². The molecule has 1 saturated carbocycles. The molecule has 0 radical (unpaired) electrons. The Balaban J connectivity index is 1.50. The number of fused-ring (bicyclic) bond motifs is 1. The molecule has 8 heteroatoms. The van der Waals surface area contributed by atoms with E-state index < -0.39 is 0 Å². The zero-order valence-corrected chi connectivity index (χ0v) is 17.2. The van der Waals surface area contributed by atoms with E-state index in [1.807, 2.05) is 11.9 Å². The molecule has 5 nitrogen and oxygen atoms in total. The highest BCUT2D eigenvalue weighted by molar-refractivity contribution is 8.00. The van der Waals surface area contributed by atoms with E-state index in [0.29, 0.717) is 11.8 Å². The molecule has 1 fully saturated rings. The number of carbonyl (C=O) groups is 1. The number of halogens is 1. The Morgan fingerprint density at radius 2 is 1.96 bits per heavy atom. The van der Waals surface area contributed by atoms with Crippen LogP contribution in [-0.4, -0.2) is 44.0 Å². The lowest BCUT2D eigenvalue weighted by molar-refractivity contribution is -0.129. The van der Waals surface area contributed by atoms with Crippen LogP contribution in [0, 0.1) is 5.82 Å². The van der Waals surface area contributed by atoms with Gasteiger partial charge >= 0.3 is 0 Å². The second-order valence-corrected chi connectivity index (χ2v) is 8.72. The molecule has 2 aromatic heterocycles. The highest BCUT2D eigenvalue weighted by Gasteiger charge is 2.23. The summed E-state index contributed by atoms with van der Waals surface area (Å²) in [6.07, 6.45) is 7.38. The summed E-state index contributed by atoms with van der Waals surface area (Å²) in [5.74, 6) is 0.199. The number of nitrogens with zero attached hydrogens (tertiary/aromatic N) is 4. The monoisotopic (exact) mass is 416 g/mol. The summed E-state index contributed by atoms with van der Waals surface area (Å²) in [6, 6.07) is 6.58. The smallest absolute Gasteiger partial charge is 0.232 e. The van der Waals surface area contributed by atoms with E-state index in [4.69, 9.17) is 0 Å². The zero-order chi connectivity index (χ0) is 19.5. The number of hydrogen-bond donors (Lipinski definition) is 0. The van der Waals surface area contributed by atoms with Crippen LogP contribution in [0.25, 0.3) is 21.5 Å². The van der Waals surface area contributed by atoms with Crippen LogP contribution >= 0.6 is 23.3 Å². The SMILES string of the molecule is CN(C(=O)CSc1ncnc2c(-c3ccc(F)cc3)nsc12)C1CCCCC1. The van der Waals surface area contributed by atoms with Crippen molar-refractivity contribution in [2.75, 3.05) is 12.8 Å². The van der Waals surface area contributed by atoms with E-state index in [1.165, 1.54) is 61.0 Å². The first-order valence-corrected chi connectivity index (χ1v) is 11.1. The summed E-state index contributed by atoms with van der Waals surface area (Å²) >= 11 is 2.74. The molecule has 0 N–H and O–H groups in total. The summed E-state index contributed by atoms with van der Waals surface area (Å²) in [6.45, 7) is 0. The standard InChI is InChI=1S/C20H21FN4OS2/c1-25(15-5-3-2-4-6-15)16(26)11-27-20-19-18(22-12-23-20)17(24-28-19)13-7-9-14(21)10-8-13/h7-10,12,15H,2-6,11H2,1H3. The molecule has 0 bridgehead atoms. The zero-order valence-electron chi connectivity index (χ0n) is 15.6. The molecule has 4 rings (SSSR count). The molecule has 3 aromatic rings. The van der Waals surface area contributed by atoms with E-state index in [9.17, 15) is 9.18 Å². The predicted molar refractivity (Wildman–Crippen MR) is 111 cm³/mol. The fourth-order valence-corrected chi connectivity index (χ4v) is 5.39. The fourth-order valence-electron chi connectivity index (χ4n) is 3.55. The Bertz CT molecular complexity index is 970. The Morgan fingerprint density at radius 1 is 1.21 bits per heavy atom. The van der Waals surface area contributed by atoms with Gasteiger partial charge in [0.1, 0.15) is 33.1 Å². The third kappa shape index (κ3) is 4.03. The molecule has 0 aliphatic heterocycles. The van der Waals surface area contributed by atoms with Gasteiger partial charge in [0.2, 0.25) is 5.91 Å². The molecule has 0 spiro atoms. The van der Waals surface area contributed by atoms with Crippen molar-refractivity contribution in [2.45, 2.75) is 43.2 Å². The average molecular weight is 417 g/mol. The molecule has 28 heavy (non-hydrogen) atoms. The molecular weight excluding hydrogens is 395 g/mol. The van der Waals surface area contributed by atoms with Gasteiger partial charge < -0.3 is 4.90 Å². The maximum atomic E-state index is 13.2. The van der Waals surface area contributed by atoms with Crippen molar-refractivity contribution in [1.29, 1.82) is 0 Å². The summed E-state index contributed by atoms with van der Waals surface area (Å²) < 4.78 is 18.6. The normalized spacial score (nSPS) is 15.1. The number of hydrogen-bond acceptors (Lipinski definition) is 6. The van der Waals surface area contributed by atoms with E-state index in [1.54, 1.807) is 12.1 Å². The van der Waals surface area contributed by atoms with Crippen LogP contribution in [0.3, 0.4) is 0 Å². The molecule has 0 atom stereocenters. The lowest BCUT2D eigenvalue weighted by Gasteiger charge is -2.31. The number of amides is 1. The van der Waals surface area contributed by atoms with E-state index in [-0.39, 0.29) is 11.7 Å². The van der Waals surface area contributed by atoms with Gasteiger partial charge in [0.25, 0.3) is 0 Å². The van der Waals surface area contributed by atoms with Crippen molar-refractivity contribution in [3.05, 3.63) is 36.4 Å². The molecule has 1 amide bonds. The van der Waals surface area contributed by atoms with Crippen LogP contribution in [0.5, 0.6) is 0 Å². The topological polar surface area (TPSA) is 59.0 Å². The molecule has 2 heterocycles. The highest BCUT2D eigenvalue weighted by Crippen LogP contribution is 2.34. The first-order valence-electron chi connectivity index (χ1n) is 9.38. The van der Waals surface area contributed by atoms with Crippen molar-refractivity contribution in [2.24, 2.45) is 0 Å². The third-order valence-corrected chi connectivity index (χ3v) is 7.14. The molecule has 0 unspecified atom stereocenters. The van der Waals surface area contributed by atoms with Gasteiger partial charge in [0, 0.05) is 18.7 Å². The summed E-state index contributed by atoms with van der Waals surface area (Å²) in [5.41, 5.74) is 2.27. The van der Waals surface area contributed by atoms with Gasteiger partial charge in [-0.1, -0.05) is 31.0 Å². The largest absolute Gasteiger partial charge is 0.342 e. The summed E-state index contributed by atoms with van der Waals surface area (Å²) in [7, 11) is 1.91. The summed E-state index contributed by atoms with van der Waals surface area (Å²) in [5, 5.41) is 0.765. The number of rotatable bonds is 5. The van der Waals surface area contributed by atoms with Gasteiger partial charge in [-0.2, -0.15) is 4.37 Å². The highest BCUT2D eigenvalue weighted by atomic mass is 32.2. The number of aromatic nitrogens is 3. The molecule has 146 valence electrons. The Hall–Kier alpha value is -2.06. The number of benzene rings is 1. The van der Waals surface area contributed by atoms with Gasteiger partial charge in [-0.25, -0.2) is 14.4 Å². The maximum Gasteiger partial charge on any atom is 0.232 e. The average Bonchev–Trinajstić information content (AvgIpc) is 3.17. The molecule has 0 saturated heterocycles. The minimum Gasteiger partial charge on any atom is -0.342 e. The molecular formula is C20H21FN4OS2. The lowest BCUT2D eigenvalue weighted by atomic mass is 9.94. The third-order valence-electron chi connectivity index (χ3n) is 5.19. The van der Waals surface area contributed by atoms with Gasteiger partial charge in [0.05, 0.1) is 5.75 Å². The Morgan fingerprint density at radius 3 is 2.71 bits per heavy atom. The Labute approximate surface area is 171 Å². The van der Waals surface area contributed by atoms with Crippen molar-refractivity contribution in [3.63, 3.8) is 0 Å². The fraction of sp³-hybridized carbons (Fsp3) is 0.400. The second kappa shape index (κ2) is 8.53. The number of carbonyl (C=O) groups excluding carboxylic acids is 1. The van der Waals surface area contributed by atoms with Gasteiger partial charge in [0.15, 0.2) is 0 Å². The van der Waals surface area contributed by atoms with E-state index >= 15 is 0 Å². The number of thioether (sulfide) groups is 1. The first-order chi connectivity index (χ1) is 13.6. The minimum absolute atomic E-state index is 0.131. The van der Waals surface area contributed by atoms with Crippen LogP contribution in [-0.2, 0) is 4.79 Å². The van der Waals surface area contributed by atoms with Crippen LogP contribution in [0.4, 0.5) is 4.39 Å². The molecule has 1 aliphatic carbocycles. The van der Waals surface area contributed by atoms with Crippen molar-refractivity contribution >= 4 is 39.4 Å². The molecule has 1 aliphatic rings. The second-order valence-electron chi connectivity index (χ2n) is 6.98. The van der Waals surface area contributed by atoms with E-state index in [2.05, 4.69) is 14.3 Å². The Kier molecular flexibility index (Phi) is 5.87. The minimum atomic E-state index is -0.283. The molecule has 1 aromatic carbocycles. The van der Waals surface area contributed by atoms with Crippen molar-refractivity contribution in [1.82, 2.24) is 19.2 Å². The predicted octanol–water partition coefficient (Wildman–Crippen LogP) is 4.78. The quantitative estimate of drug-likeness (QED) is 0.443. The van der Waals surface area contributed by atoms with Crippen LogP contribution < -0.4 is 0 Å². The van der Waals surface area contributed by atoms with Gasteiger partial charge in [-0.15, -0.1) is 0 Å². The van der Waals surface area contributed by atoms with Crippen LogP contribution in [0.15, 0.2) is 35.6 Å². The van der Waals surface area contributed by atoms with Gasteiger partial charge in [-0.05, 0) is 48.6 Å². The van der Waals surface area contributed by atoms with Crippen LogP contribution in [0.2, 0.25) is 0 Å². The summed E-state index contributed by atoms with van der Waals surface area (Å²) in [4.78, 5) is 23.3. The lowest BCUT2D eigenvalue weighted by Crippen LogP contribution is -2.39. The van der Waals surface area contributed by atoms with Crippen molar-refractivity contribution < 1.29 is 9.18 Å². The maximum absolute atomic E-state index is 13.2. The first kappa shape index (κ1) is 19.3. The van der Waals surface area contributed by atoms with Crippen LogP contribution in [0.1, 0.15) is 32.1 Å². The van der Waals surface area contributed by atoms with E-state index in [0.717, 1.165) is 39.3 Å².